The third kappa shape index (κ3) is 3.35. The lowest BCUT2D eigenvalue weighted by molar-refractivity contribution is 0.145. The van der Waals surface area contributed by atoms with Crippen molar-refractivity contribution in [3.8, 4) is 0 Å². The van der Waals surface area contributed by atoms with E-state index >= 15 is 0 Å². The second kappa shape index (κ2) is 6.05. The van der Waals surface area contributed by atoms with Crippen LogP contribution in [-0.4, -0.2) is 24.8 Å². The van der Waals surface area contributed by atoms with Crippen LogP contribution in [0.5, 0.6) is 0 Å². The van der Waals surface area contributed by atoms with Crippen molar-refractivity contribution in [2.45, 2.75) is 12.8 Å². The molecule has 0 saturated carbocycles. The van der Waals surface area contributed by atoms with E-state index in [1.807, 2.05) is 18.2 Å². The third-order valence-electron chi connectivity index (χ3n) is 3.48. The van der Waals surface area contributed by atoms with E-state index in [1.165, 1.54) is 5.56 Å². The molecule has 0 spiro atoms. The predicted octanol–water partition coefficient (Wildman–Crippen LogP) is 2.75. The summed E-state index contributed by atoms with van der Waals surface area (Å²) >= 11 is 11.9. The van der Waals surface area contributed by atoms with Crippen LogP contribution in [0, 0.1) is 11.8 Å². The van der Waals surface area contributed by atoms with Crippen LogP contribution in [0.4, 0.5) is 0 Å². The molecule has 1 heterocycles. The number of hydrogen-bond donors (Lipinski definition) is 2. The monoisotopic (exact) mass is 273 g/mol. The Morgan fingerprint density at radius 1 is 1.24 bits per heavy atom. The van der Waals surface area contributed by atoms with Crippen LogP contribution in [0.2, 0.25) is 10.0 Å². The summed E-state index contributed by atoms with van der Waals surface area (Å²) in [6.45, 7) is 2.18. The van der Waals surface area contributed by atoms with Gasteiger partial charge in [0.1, 0.15) is 0 Å². The van der Waals surface area contributed by atoms with Gasteiger partial charge in [0.25, 0.3) is 0 Å². The van der Waals surface area contributed by atoms with Gasteiger partial charge in [-0.15, -0.1) is 0 Å². The van der Waals surface area contributed by atoms with Gasteiger partial charge in [0.2, 0.25) is 0 Å². The number of benzene rings is 1. The standard InChI is InChI=1S/C13H17Cl2NO/c14-12-2-1-9(6-13(12)15)5-10-3-4-16-7-11(10)8-17/h1-2,6,10-11,16-17H,3-5,7-8H2/t10-,11+/m1/s1. The molecule has 2 rings (SSSR count). The predicted molar refractivity (Wildman–Crippen MR) is 71.7 cm³/mol. The molecule has 94 valence electrons. The molecule has 0 bridgehead atoms. The summed E-state index contributed by atoms with van der Waals surface area (Å²) in [6, 6.07) is 5.79. The average molecular weight is 274 g/mol. The quantitative estimate of drug-likeness (QED) is 0.888. The number of aliphatic hydroxyl groups excluding tert-OH is 1. The highest BCUT2D eigenvalue weighted by molar-refractivity contribution is 6.42. The number of halogens is 2. The van der Waals surface area contributed by atoms with E-state index in [2.05, 4.69) is 5.32 Å². The summed E-state index contributed by atoms with van der Waals surface area (Å²) in [5.41, 5.74) is 1.20. The number of nitrogens with one attached hydrogen (secondary N) is 1. The van der Waals surface area contributed by atoms with E-state index in [9.17, 15) is 5.11 Å². The third-order valence-corrected chi connectivity index (χ3v) is 4.22. The Balaban J connectivity index is 2.05. The first-order valence-corrected chi connectivity index (χ1v) is 6.72. The Kier molecular flexibility index (Phi) is 4.69. The number of aliphatic hydroxyl groups is 1. The first kappa shape index (κ1) is 13.2. The molecular weight excluding hydrogens is 257 g/mol. The Hall–Kier alpha value is -0.280. The summed E-state index contributed by atoms with van der Waals surface area (Å²) in [6.07, 6.45) is 2.06. The van der Waals surface area contributed by atoms with Crippen LogP contribution in [-0.2, 0) is 6.42 Å². The molecule has 0 radical (unpaired) electrons. The van der Waals surface area contributed by atoms with Crippen molar-refractivity contribution >= 4 is 23.2 Å². The molecule has 1 aromatic rings. The lowest BCUT2D eigenvalue weighted by atomic mass is 9.82. The van der Waals surface area contributed by atoms with E-state index in [4.69, 9.17) is 23.2 Å². The van der Waals surface area contributed by atoms with Crippen molar-refractivity contribution in [1.82, 2.24) is 5.32 Å². The maximum absolute atomic E-state index is 9.35. The average Bonchev–Trinajstić information content (AvgIpc) is 2.34. The fraction of sp³-hybridized carbons (Fsp3) is 0.538. The maximum Gasteiger partial charge on any atom is 0.0595 e. The Labute approximate surface area is 112 Å². The Morgan fingerprint density at radius 2 is 2.06 bits per heavy atom. The summed E-state index contributed by atoms with van der Waals surface area (Å²) in [7, 11) is 0. The van der Waals surface area contributed by atoms with Crippen LogP contribution in [0.15, 0.2) is 18.2 Å². The van der Waals surface area contributed by atoms with Gasteiger partial charge < -0.3 is 10.4 Å². The highest BCUT2D eigenvalue weighted by Crippen LogP contribution is 2.27. The molecule has 0 aromatic heterocycles. The van der Waals surface area contributed by atoms with Crippen molar-refractivity contribution in [1.29, 1.82) is 0 Å². The lowest BCUT2D eigenvalue weighted by Crippen LogP contribution is -2.39. The number of piperidine rings is 1. The fourth-order valence-electron chi connectivity index (χ4n) is 2.43. The van der Waals surface area contributed by atoms with Crippen molar-refractivity contribution < 1.29 is 5.11 Å². The molecule has 4 heteroatoms. The molecule has 2 nitrogen and oxygen atoms in total. The first-order chi connectivity index (χ1) is 8.20. The molecular formula is C13H17Cl2NO. The van der Waals surface area contributed by atoms with Crippen molar-refractivity contribution in [2.24, 2.45) is 11.8 Å². The van der Waals surface area contributed by atoms with Gasteiger partial charge in [-0.25, -0.2) is 0 Å². The van der Waals surface area contributed by atoms with Crippen LogP contribution in [0.1, 0.15) is 12.0 Å². The van der Waals surface area contributed by atoms with E-state index < -0.39 is 0 Å². The highest BCUT2D eigenvalue weighted by atomic mass is 35.5. The molecule has 2 atom stereocenters. The molecule has 1 aliphatic rings. The summed E-state index contributed by atoms with van der Waals surface area (Å²) in [5.74, 6) is 0.872. The van der Waals surface area contributed by atoms with Gasteiger partial charge in [-0.3, -0.25) is 0 Å². The second-order valence-electron chi connectivity index (χ2n) is 4.65. The number of rotatable bonds is 3. The van der Waals surface area contributed by atoms with Crippen molar-refractivity contribution in [3.63, 3.8) is 0 Å². The minimum absolute atomic E-state index is 0.249. The van der Waals surface area contributed by atoms with Crippen LogP contribution in [0.3, 0.4) is 0 Å². The minimum atomic E-state index is 0.249. The Morgan fingerprint density at radius 3 is 2.76 bits per heavy atom. The fourth-order valence-corrected chi connectivity index (χ4v) is 2.75. The normalized spacial score (nSPS) is 24.9. The van der Waals surface area contributed by atoms with E-state index in [0.29, 0.717) is 21.9 Å². The topological polar surface area (TPSA) is 32.3 Å². The zero-order chi connectivity index (χ0) is 12.3. The molecule has 0 unspecified atom stereocenters. The Bertz CT molecular complexity index is 384. The SMILES string of the molecule is OC[C@@H]1CNCC[C@@H]1Cc1ccc(Cl)c(Cl)c1. The van der Waals surface area contributed by atoms with E-state index in [1.54, 1.807) is 0 Å². The van der Waals surface area contributed by atoms with Crippen molar-refractivity contribution in [2.75, 3.05) is 19.7 Å². The lowest BCUT2D eigenvalue weighted by Gasteiger charge is -2.31. The van der Waals surface area contributed by atoms with Gasteiger partial charge in [0, 0.05) is 13.2 Å². The van der Waals surface area contributed by atoms with Gasteiger partial charge in [-0.1, -0.05) is 29.3 Å². The zero-order valence-corrected chi connectivity index (χ0v) is 11.1. The summed E-state index contributed by atoms with van der Waals surface area (Å²) in [5, 5.41) is 13.9. The zero-order valence-electron chi connectivity index (χ0n) is 9.63. The molecule has 1 aromatic carbocycles. The van der Waals surface area contributed by atoms with E-state index in [-0.39, 0.29) is 6.61 Å². The molecule has 0 amide bonds. The molecule has 2 N–H and O–H groups in total. The maximum atomic E-state index is 9.35. The smallest absolute Gasteiger partial charge is 0.0595 e. The van der Waals surface area contributed by atoms with Gasteiger partial charge in [0.05, 0.1) is 10.0 Å². The first-order valence-electron chi connectivity index (χ1n) is 5.96. The summed E-state index contributed by atoms with van der Waals surface area (Å²) in [4.78, 5) is 0. The van der Waals surface area contributed by atoms with Gasteiger partial charge in [-0.05, 0) is 48.9 Å². The number of hydrogen-bond acceptors (Lipinski definition) is 2. The highest BCUT2D eigenvalue weighted by Gasteiger charge is 2.24. The molecule has 1 saturated heterocycles. The van der Waals surface area contributed by atoms with Gasteiger partial charge in [0.15, 0.2) is 0 Å². The minimum Gasteiger partial charge on any atom is -0.396 e. The van der Waals surface area contributed by atoms with Gasteiger partial charge in [-0.2, -0.15) is 0 Å². The largest absolute Gasteiger partial charge is 0.396 e. The van der Waals surface area contributed by atoms with Crippen LogP contribution < -0.4 is 5.32 Å². The van der Waals surface area contributed by atoms with E-state index in [0.717, 1.165) is 25.9 Å². The van der Waals surface area contributed by atoms with Crippen LogP contribution in [0.25, 0.3) is 0 Å². The summed E-state index contributed by atoms with van der Waals surface area (Å²) < 4.78 is 0. The van der Waals surface area contributed by atoms with Crippen LogP contribution >= 0.6 is 23.2 Å². The molecule has 1 aliphatic heterocycles. The molecule has 17 heavy (non-hydrogen) atoms. The van der Waals surface area contributed by atoms with Gasteiger partial charge >= 0.3 is 0 Å². The van der Waals surface area contributed by atoms with Crippen molar-refractivity contribution in [3.05, 3.63) is 33.8 Å². The second-order valence-corrected chi connectivity index (χ2v) is 5.46. The molecule has 1 fully saturated rings. The molecule has 0 aliphatic carbocycles.